The largest absolute Gasteiger partial charge is 0.389 e. The predicted molar refractivity (Wildman–Crippen MR) is 116 cm³/mol. The van der Waals surface area contributed by atoms with E-state index in [2.05, 4.69) is 15.5 Å². The highest BCUT2D eigenvalue weighted by Crippen LogP contribution is 2.32. The number of ether oxygens (including phenoxy) is 1. The molecule has 1 amide bonds. The number of nitrogens with one attached hydrogen (secondary N) is 2. The van der Waals surface area contributed by atoms with Gasteiger partial charge in [0.25, 0.3) is 5.91 Å². The molecule has 0 radical (unpaired) electrons. The number of hydrogen-bond acceptors (Lipinski definition) is 5. The summed E-state index contributed by atoms with van der Waals surface area (Å²) in [6, 6.07) is 17.5. The summed E-state index contributed by atoms with van der Waals surface area (Å²) in [5.74, 6) is -0.160. The van der Waals surface area contributed by atoms with Gasteiger partial charge in [-0.25, -0.2) is 0 Å². The van der Waals surface area contributed by atoms with Crippen LogP contribution < -0.4 is 15.5 Å². The maximum atomic E-state index is 13.4. The van der Waals surface area contributed by atoms with Crippen LogP contribution in [0.15, 0.2) is 54.6 Å². The van der Waals surface area contributed by atoms with Crippen molar-refractivity contribution in [1.29, 1.82) is 0 Å². The van der Waals surface area contributed by atoms with Crippen molar-refractivity contribution < 1.29 is 14.6 Å². The molecular formula is C22H28ClN3O3. The van der Waals surface area contributed by atoms with Crippen LogP contribution in [-0.2, 0) is 10.3 Å². The number of anilines is 1. The first-order valence-electron chi connectivity index (χ1n) is 9.89. The Bertz CT molecular complexity index is 814. The summed E-state index contributed by atoms with van der Waals surface area (Å²) in [5.41, 5.74) is 1.67. The molecule has 2 heterocycles. The van der Waals surface area contributed by atoms with Crippen molar-refractivity contribution in [3.63, 3.8) is 0 Å². The molecule has 0 bridgehead atoms. The molecule has 6 nitrogen and oxygen atoms in total. The quantitative estimate of drug-likeness (QED) is 0.708. The number of para-hydroxylation sites is 1. The third kappa shape index (κ3) is 4.41. The number of morpholine rings is 1. The van der Waals surface area contributed by atoms with Crippen molar-refractivity contribution in [2.75, 3.05) is 44.3 Å². The molecule has 7 heteroatoms. The van der Waals surface area contributed by atoms with Gasteiger partial charge in [0.2, 0.25) is 0 Å². The van der Waals surface area contributed by atoms with E-state index in [-0.39, 0.29) is 18.3 Å². The molecule has 3 N–H and O–H groups in total. The summed E-state index contributed by atoms with van der Waals surface area (Å²) in [4.78, 5) is 15.6. The number of amides is 1. The number of rotatable bonds is 4. The van der Waals surface area contributed by atoms with Crippen LogP contribution >= 0.6 is 12.4 Å². The van der Waals surface area contributed by atoms with Gasteiger partial charge in [0.1, 0.15) is 0 Å². The third-order valence-corrected chi connectivity index (χ3v) is 5.73. The van der Waals surface area contributed by atoms with Gasteiger partial charge < -0.3 is 25.4 Å². The van der Waals surface area contributed by atoms with Crippen molar-refractivity contribution in [3.05, 3.63) is 65.7 Å². The summed E-state index contributed by atoms with van der Waals surface area (Å²) < 4.78 is 5.45. The summed E-state index contributed by atoms with van der Waals surface area (Å²) in [7, 11) is 0. The first kappa shape index (κ1) is 21.6. The van der Waals surface area contributed by atoms with E-state index in [0.717, 1.165) is 30.9 Å². The number of aliphatic hydroxyl groups is 1. The summed E-state index contributed by atoms with van der Waals surface area (Å²) in [6.45, 7) is 4.03. The standard InChI is InChI=1S/C22H27N3O3.ClH/c26-20-16-23-11-10-22(20,17-6-2-1-3-7-17)24-21(27)18-8-4-5-9-19(18)25-12-14-28-15-13-25;/h1-9,20,23,26H,10-16H2,(H,24,27);1H/t20-,22+;/m1./s1. The Hall–Kier alpha value is -2.12. The van der Waals surface area contributed by atoms with Gasteiger partial charge in [0.15, 0.2) is 0 Å². The zero-order chi connectivity index (χ0) is 19.4. The lowest BCUT2D eigenvalue weighted by atomic mass is 9.79. The molecular weight excluding hydrogens is 390 g/mol. The number of hydrogen-bond donors (Lipinski definition) is 3. The van der Waals surface area contributed by atoms with Gasteiger partial charge in [0.05, 0.1) is 30.4 Å². The molecule has 2 atom stereocenters. The molecule has 0 unspecified atom stereocenters. The number of piperidine rings is 1. The topological polar surface area (TPSA) is 73.8 Å². The van der Waals surface area contributed by atoms with E-state index < -0.39 is 11.6 Å². The van der Waals surface area contributed by atoms with Gasteiger partial charge in [-0.15, -0.1) is 12.4 Å². The number of nitrogens with zero attached hydrogens (tertiary/aromatic N) is 1. The van der Waals surface area contributed by atoms with E-state index in [1.54, 1.807) is 0 Å². The monoisotopic (exact) mass is 417 g/mol. The lowest BCUT2D eigenvalue weighted by Crippen LogP contribution is -2.61. The Morgan fingerprint density at radius 2 is 1.79 bits per heavy atom. The maximum Gasteiger partial charge on any atom is 0.254 e. The van der Waals surface area contributed by atoms with Crippen LogP contribution in [-0.4, -0.2) is 56.5 Å². The Balaban J connectivity index is 0.00000240. The zero-order valence-electron chi connectivity index (χ0n) is 16.3. The molecule has 2 aliphatic rings. The molecule has 2 aromatic rings. The van der Waals surface area contributed by atoms with Crippen LogP contribution in [0.3, 0.4) is 0 Å². The molecule has 4 rings (SSSR count). The predicted octanol–water partition coefficient (Wildman–Crippen LogP) is 1.92. The summed E-state index contributed by atoms with van der Waals surface area (Å²) in [5, 5.41) is 17.3. The van der Waals surface area contributed by atoms with Crippen LogP contribution in [0.4, 0.5) is 5.69 Å². The summed E-state index contributed by atoms with van der Waals surface area (Å²) >= 11 is 0. The van der Waals surface area contributed by atoms with Crippen molar-refractivity contribution in [1.82, 2.24) is 10.6 Å². The number of carbonyl (C=O) groups is 1. The van der Waals surface area contributed by atoms with Crippen LogP contribution in [0, 0.1) is 0 Å². The Kier molecular flexibility index (Phi) is 7.14. The smallest absolute Gasteiger partial charge is 0.254 e. The number of halogens is 1. The fourth-order valence-corrected chi connectivity index (χ4v) is 4.17. The Labute approximate surface area is 177 Å². The van der Waals surface area contributed by atoms with Gasteiger partial charge in [-0.1, -0.05) is 42.5 Å². The minimum atomic E-state index is -0.804. The van der Waals surface area contributed by atoms with E-state index in [1.165, 1.54) is 0 Å². The van der Waals surface area contributed by atoms with Crippen molar-refractivity contribution >= 4 is 24.0 Å². The fourth-order valence-electron chi connectivity index (χ4n) is 4.17. The van der Waals surface area contributed by atoms with Crippen LogP contribution in [0.2, 0.25) is 0 Å². The van der Waals surface area contributed by atoms with Gasteiger partial charge in [0, 0.05) is 25.3 Å². The first-order valence-corrected chi connectivity index (χ1v) is 9.89. The first-order chi connectivity index (χ1) is 13.7. The number of carbonyl (C=O) groups excluding carboxylic acids is 1. The summed E-state index contributed by atoms with van der Waals surface area (Å²) in [6.07, 6.45) is -0.0768. The Morgan fingerprint density at radius 3 is 2.52 bits per heavy atom. The molecule has 0 saturated carbocycles. The normalized spacial score (nSPS) is 24.4. The second-order valence-corrected chi connectivity index (χ2v) is 7.38. The second-order valence-electron chi connectivity index (χ2n) is 7.38. The molecule has 2 saturated heterocycles. The highest BCUT2D eigenvalue weighted by molar-refractivity contribution is 6.00. The minimum absolute atomic E-state index is 0. The maximum absolute atomic E-state index is 13.4. The van der Waals surface area contributed by atoms with Crippen molar-refractivity contribution in [2.45, 2.75) is 18.1 Å². The molecule has 0 aliphatic carbocycles. The number of aliphatic hydroxyl groups excluding tert-OH is 1. The van der Waals surface area contributed by atoms with E-state index in [4.69, 9.17) is 4.74 Å². The third-order valence-electron chi connectivity index (χ3n) is 5.73. The molecule has 2 fully saturated rings. The highest BCUT2D eigenvalue weighted by atomic mass is 35.5. The molecule has 156 valence electrons. The van der Waals surface area contributed by atoms with E-state index in [9.17, 15) is 9.90 Å². The molecule has 0 aromatic heterocycles. The molecule has 0 spiro atoms. The highest BCUT2D eigenvalue weighted by Gasteiger charge is 2.43. The van der Waals surface area contributed by atoms with Crippen molar-refractivity contribution in [2.24, 2.45) is 0 Å². The number of benzene rings is 2. The number of β-amino-alcohol motifs (C(OH)–C–C–N with tert-alkyl or cyclic N) is 1. The molecule has 29 heavy (non-hydrogen) atoms. The lowest BCUT2D eigenvalue weighted by molar-refractivity contribution is 0.0290. The van der Waals surface area contributed by atoms with Gasteiger partial charge >= 0.3 is 0 Å². The SMILES string of the molecule is Cl.O=C(N[C@]1(c2ccccc2)CCNC[C@H]1O)c1ccccc1N1CCOCC1. The molecule has 2 aromatic carbocycles. The van der Waals surface area contributed by atoms with E-state index in [0.29, 0.717) is 31.7 Å². The van der Waals surface area contributed by atoms with Gasteiger partial charge in [-0.05, 0) is 30.7 Å². The van der Waals surface area contributed by atoms with Crippen molar-refractivity contribution in [3.8, 4) is 0 Å². The second kappa shape index (κ2) is 9.59. The van der Waals surface area contributed by atoms with E-state index >= 15 is 0 Å². The fraction of sp³-hybridized carbons (Fsp3) is 0.409. The van der Waals surface area contributed by atoms with Gasteiger partial charge in [-0.2, -0.15) is 0 Å². The average Bonchev–Trinajstić information content (AvgIpc) is 2.76. The minimum Gasteiger partial charge on any atom is -0.389 e. The lowest BCUT2D eigenvalue weighted by Gasteiger charge is -2.43. The Morgan fingerprint density at radius 1 is 1.10 bits per heavy atom. The average molecular weight is 418 g/mol. The van der Waals surface area contributed by atoms with Gasteiger partial charge in [-0.3, -0.25) is 4.79 Å². The van der Waals surface area contributed by atoms with Crippen LogP contribution in [0.1, 0.15) is 22.3 Å². The van der Waals surface area contributed by atoms with Crippen LogP contribution in [0.5, 0.6) is 0 Å². The molecule has 2 aliphatic heterocycles. The zero-order valence-corrected chi connectivity index (χ0v) is 17.2. The van der Waals surface area contributed by atoms with E-state index in [1.807, 2.05) is 54.6 Å². The van der Waals surface area contributed by atoms with Crippen LogP contribution in [0.25, 0.3) is 0 Å².